The number of allylic oxidation sites excluding steroid dienone is 1. The lowest BCUT2D eigenvalue weighted by atomic mass is 9.57. The van der Waals surface area contributed by atoms with Crippen LogP contribution >= 0.6 is 34.7 Å². The maximum absolute atomic E-state index is 9.65. The maximum atomic E-state index is 9.65. The van der Waals surface area contributed by atoms with Gasteiger partial charge in [-0.2, -0.15) is 27.5 Å². The Morgan fingerprint density at radius 3 is 2.57 bits per heavy atom. The quantitative estimate of drug-likeness (QED) is 0.768. The van der Waals surface area contributed by atoms with Gasteiger partial charge in [0.15, 0.2) is 0 Å². The number of thiophene rings is 1. The minimum absolute atomic E-state index is 0.0958. The van der Waals surface area contributed by atoms with Crippen molar-refractivity contribution in [3.8, 4) is 18.2 Å². The van der Waals surface area contributed by atoms with Crippen LogP contribution < -0.4 is 0 Å². The molecule has 1 aliphatic heterocycles. The van der Waals surface area contributed by atoms with Gasteiger partial charge >= 0.3 is 0 Å². The third kappa shape index (κ3) is 2.28. The summed E-state index contributed by atoms with van der Waals surface area (Å²) in [5.41, 5.74) is -1.02. The van der Waals surface area contributed by atoms with Crippen LogP contribution in [0.5, 0.6) is 0 Å². The van der Waals surface area contributed by atoms with Gasteiger partial charge in [-0.1, -0.05) is 17.7 Å². The lowest BCUT2D eigenvalue weighted by Crippen LogP contribution is -2.48. The molecule has 1 N–H and O–H groups in total. The topological polar surface area (TPSA) is 95.2 Å². The van der Waals surface area contributed by atoms with E-state index in [4.69, 9.17) is 17.0 Å². The average Bonchev–Trinajstić information content (AvgIpc) is 3.00. The smallest absolute Gasteiger partial charge is 0.203 e. The Balaban J connectivity index is 2.21. The summed E-state index contributed by atoms with van der Waals surface area (Å²) in [6, 6.07) is 9.88. The van der Waals surface area contributed by atoms with E-state index in [1.807, 2.05) is 24.3 Å². The molecule has 0 bridgehead atoms. The number of halogens is 1. The first kappa shape index (κ1) is 16.1. The molecule has 0 radical (unpaired) electrons. The first-order valence-electron chi connectivity index (χ1n) is 6.93. The Morgan fingerprint density at radius 2 is 2.00 bits per heavy atom. The SMILES string of the molecule is N#CC1C(=N)C(C#N)(C#N)C2=CCSC[C@H]2[C@@H]1c1ccc(Cl)s1. The van der Waals surface area contributed by atoms with Crippen LogP contribution in [-0.4, -0.2) is 17.2 Å². The van der Waals surface area contributed by atoms with Gasteiger partial charge < -0.3 is 5.41 Å². The minimum Gasteiger partial charge on any atom is -0.305 e. The largest absolute Gasteiger partial charge is 0.305 e. The summed E-state index contributed by atoms with van der Waals surface area (Å²) >= 11 is 9.17. The summed E-state index contributed by atoms with van der Waals surface area (Å²) in [7, 11) is 0. The highest BCUT2D eigenvalue weighted by Gasteiger charge is 2.56. The van der Waals surface area contributed by atoms with Gasteiger partial charge in [-0.3, -0.25) is 0 Å². The van der Waals surface area contributed by atoms with Crippen molar-refractivity contribution in [3.05, 3.63) is 33.0 Å². The fraction of sp³-hybridized carbons (Fsp3) is 0.375. The molecule has 114 valence electrons. The summed E-state index contributed by atoms with van der Waals surface area (Å²) in [5, 5.41) is 37.3. The number of fused-ring (bicyclic) bond motifs is 1. The van der Waals surface area contributed by atoms with Gasteiger partial charge in [-0.15, -0.1) is 11.3 Å². The van der Waals surface area contributed by atoms with Crippen molar-refractivity contribution in [2.75, 3.05) is 11.5 Å². The standard InChI is InChI=1S/C16H11ClN4S2/c17-13-2-1-12(23-13)14-9(5-18)15(21)16(7-19,8-20)11-3-4-22-6-10(11)14/h1-3,9-10,14,21H,4,6H2/t9?,10-,14-/m1/s1. The zero-order valence-electron chi connectivity index (χ0n) is 11.9. The molecule has 0 spiro atoms. The molecule has 7 heteroatoms. The molecule has 1 aromatic rings. The summed E-state index contributed by atoms with van der Waals surface area (Å²) in [4.78, 5) is 0.939. The Bertz CT molecular complexity index is 806. The molecule has 4 nitrogen and oxygen atoms in total. The van der Waals surface area contributed by atoms with E-state index in [0.717, 1.165) is 16.4 Å². The molecule has 2 heterocycles. The van der Waals surface area contributed by atoms with Crippen LogP contribution in [0.1, 0.15) is 10.8 Å². The van der Waals surface area contributed by atoms with E-state index >= 15 is 0 Å². The lowest BCUT2D eigenvalue weighted by molar-refractivity contribution is 0.417. The maximum Gasteiger partial charge on any atom is 0.203 e. The number of nitrogens with one attached hydrogen (secondary N) is 1. The molecule has 0 amide bonds. The molecule has 1 aromatic heterocycles. The van der Waals surface area contributed by atoms with Gasteiger partial charge in [-0.25, -0.2) is 0 Å². The Labute approximate surface area is 147 Å². The van der Waals surface area contributed by atoms with E-state index in [0.29, 0.717) is 9.91 Å². The van der Waals surface area contributed by atoms with E-state index in [1.165, 1.54) is 11.3 Å². The average molecular weight is 359 g/mol. The highest BCUT2D eigenvalue weighted by molar-refractivity contribution is 7.99. The molecule has 3 atom stereocenters. The number of hydrogen-bond donors (Lipinski definition) is 1. The van der Waals surface area contributed by atoms with E-state index < -0.39 is 11.3 Å². The van der Waals surface area contributed by atoms with Crippen LogP contribution in [0.25, 0.3) is 0 Å². The van der Waals surface area contributed by atoms with E-state index in [9.17, 15) is 15.8 Å². The van der Waals surface area contributed by atoms with Crippen molar-refractivity contribution in [1.82, 2.24) is 0 Å². The van der Waals surface area contributed by atoms with Crippen LogP contribution in [0, 0.1) is 56.7 Å². The van der Waals surface area contributed by atoms with Gasteiger partial charge in [0, 0.05) is 28.2 Å². The number of thioether (sulfide) groups is 1. The second kappa shape index (κ2) is 6.02. The normalized spacial score (nSPS) is 28.7. The van der Waals surface area contributed by atoms with Crippen molar-refractivity contribution in [2.24, 2.45) is 17.3 Å². The van der Waals surface area contributed by atoms with Crippen molar-refractivity contribution in [2.45, 2.75) is 5.92 Å². The van der Waals surface area contributed by atoms with E-state index in [-0.39, 0.29) is 17.5 Å². The second-order valence-electron chi connectivity index (χ2n) is 5.47. The first-order valence-corrected chi connectivity index (χ1v) is 9.28. The molecule has 1 unspecified atom stereocenters. The molecule has 3 rings (SSSR count). The van der Waals surface area contributed by atoms with Crippen LogP contribution in [0.3, 0.4) is 0 Å². The molecule has 2 aliphatic rings. The molecule has 1 saturated carbocycles. The van der Waals surface area contributed by atoms with E-state index in [2.05, 4.69) is 6.07 Å². The Kier molecular flexibility index (Phi) is 4.21. The lowest BCUT2D eigenvalue weighted by Gasteiger charge is -2.44. The molecule has 0 aromatic carbocycles. The fourth-order valence-electron chi connectivity index (χ4n) is 3.40. The van der Waals surface area contributed by atoms with Gasteiger partial charge in [0.1, 0.15) is 0 Å². The third-order valence-electron chi connectivity index (χ3n) is 4.46. The van der Waals surface area contributed by atoms with Crippen LogP contribution in [0.15, 0.2) is 23.8 Å². The van der Waals surface area contributed by atoms with Gasteiger partial charge in [0.2, 0.25) is 5.41 Å². The Hall–Kier alpha value is -1.78. The predicted octanol–water partition coefficient (Wildman–Crippen LogP) is 3.98. The van der Waals surface area contributed by atoms with Gasteiger partial charge in [-0.05, 0) is 17.7 Å². The zero-order valence-corrected chi connectivity index (χ0v) is 14.3. The van der Waals surface area contributed by atoms with Crippen molar-refractivity contribution in [3.63, 3.8) is 0 Å². The number of rotatable bonds is 1. The number of nitriles is 3. The van der Waals surface area contributed by atoms with Crippen LogP contribution in [0.4, 0.5) is 0 Å². The molecular formula is C16H11ClN4S2. The first-order chi connectivity index (χ1) is 11.1. The van der Waals surface area contributed by atoms with Crippen molar-refractivity contribution >= 4 is 40.4 Å². The highest BCUT2D eigenvalue weighted by Crippen LogP contribution is 2.54. The van der Waals surface area contributed by atoms with Crippen molar-refractivity contribution in [1.29, 1.82) is 21.2 Å². The molecule has 1 aliphatic carbocycles. The number of nitrogens with zero attached hydrogens (tertiary/aromatic N) is 3. The summed E-state index contributed by atoms with van der Waals surface area (Å²) in [6.07, 6.45) is 1.90. The molecule has 1 fully saturated rings. The third-order valence-corrected chi connectivity index (χ3v) is 6.79. The second-order valence-corrected chi connectivity index (χ2v) is 8.29. The zero-order chi connectivity index (χ0) is 16.6. The molecular weight excluding hydrogens is 348 g/mol. The van der Waals surface area contributed by atoms with Gasteiger partial charge in [0.25, 0.3) is 0 Å². The number of hydrogen-bond acceptors (Lipinski definition) is 6. The predicted molar refractivity (Wildman–Crippen MR) is 91.5 cm³/mol. The molecule has 0 saturated heterocycles. The van der Waals surface area contributed by atoms with E-state index in [1.54, 1.807) is 17.8 Å². The van der Waals surface area contributed by atoms with Crippen LogP contribution in [0.2, 0.25) is 4.34 Å². The van der Waals surface area contributed by atoms with Gasteiger partial charge in [0.05, 0.1) is 34.2 Å². The summed E-state index contributed by atoms with van der Waals surface area (Å²) < 4.78 is 0.634. The molecule has 23 heavy (non-hydrogen) atoms. The minimum atomic E-state index is -1.61. The highest BCUT2D eigenvalue weighted by atomic mass is 35.5. The Morgan fingerprint density at radius 1 is 1.26 bits per heavy atom. The monoisotopic (exact) mass is 358 g/mol. The summed E-state index contributed by atoms with van der Waals surface area (Å²) in [5.74, 6) is 0.354. The fourth-order valence-corrected chi connectivity index (χ4v) is 5.74. The van der Waals surface area contributed by atoms with Crippen molar-refractivity contribution < 1.29 is 0 Å². The summed E-state index contributed by atoms with van der Waals surface area (Å²) in [6.45, 7) is 0. The van der Waals surface area contributed by atoms with Crippen LogP contribution in [-0.2, 0) is 0 Å².